The number of hydrogen-bond acceptors (Lipinski definition) is 4. The van der Waals surface area contributed by atoms with Gasteiger partial charge in [0.2, 0.25) is 0 Å². The zero-order valence-electron chi connectivity index (χ0n) is 14.3. The first kappa shape index (κ1) is 18.9. The number of rotatable bonds is 10. The van der Waals surface area contributed by atoms with Crippen molar-refractivity contribution in [1.82, 2.24) is 0 Å². The molecule has 0 aromatic heterocycles. The molecule has 0 radical (unpaired) electrons. The molecule has 124 valence electrons. The molecule has 0 unspecified atom stereocenters. The topological polar surface area (TPSA) is 44.8 Å². The standard InChI is InChI=1S/C17H28O4Si/c1-14(2)17(18)15-6-8-16(9-7-15)20-12-10-19-11-13-21-22(3,4)5/h6-9,14H,10-13H2,1-5H3. The van der Waals surface area contributed by atoms with Crippen LogP contribution in [0.2, 0.25) is 19.6 Å². The van der Waals surface area contributed by atoms with Crippen molar-refractivity contribution in [3.63, 3.8) is 0 Å². The van der Waals surface area contributed by atoms with Crippen LogP contribution < -0.4 is 4.74 Å². The molecule has 0 aliphatic carbocycles. The van der Waals surface area contributed by atoms with E-state index in [0.29, 0.717) is 26.4 Å². The van der Waals surface area contributed by atoms with E-state index in [1.807, 2.05) is 26.0 Å². The Labute approximate surface area is 134 Å². The molecule has 22 heavy (non-hydrogen) atoms. The number of hydrogen-bond donors (Lipinski definition) is 0. The Morgan fingerprint density at radius 2 is 1.59 bits per heavy atom. The predicted octanol–water partition coefficient (Wildman–Crippen LogP) is 3.77. The van der Waals surface area contributed by atoms with Gasteiger partial charge in [0.1, 0.15) is 12.4 Å². The van der Waals surface area contributed by atoms with Crippen LogP contribution in [0, 0.1) is 5.92 Å². The summed E-state index contributed by atoms with van der Waals surface area (Å²) in [6.45, 7) is 12.5. The number of ketones is 1. The lowest BCUT2D eigenvalue weighted by Gasteiger charge is -2.16. The van der Waals surface area contributed by atoms with E-state index in [1.54, 1.807) is 12.1 Å². The highest BCUT2D eigenvalue weighted by Gasteiger charge is 2.13. The van der Waals surface area contributed by atoms with E-state index in [1.165, 1.54) is 0 Å². The van der Waals surface area contributed by atoms with Crippen LogP contribution in [0.15, 0.2) is 24.3 Å². The molecule has 0 saturated heterocycles. The first-order chi connectivity index (χ1) is 10.3. The fraction of sp³-hybridized carbons (Fsp3) is 0.588. The van der Waals surface area contributed by atoms with Gasteiger partial charge in [-0.05, 0) is 43.9 Å². The van der Waals surface area contributed by atoms with Crippen LogP contribution in [0.4, 0.5) is 0 Å². The highest BCUT2D eigenvalue weighted by molar-refractivity contribution is 6.69. The third-order valence-corrected chi connectivity index (χ3v) is 3.99. The largest absolute Gasteiger partial charge is 0.491 e. The van der Waals surface area contributed by atoms with E-state index >= 15 is 0 Å². The molecule has 1 rings (SSSR count). The second kappa shape index (κ2) is 9.08. The van der Waals surface area contributed by atoms with Crippen LogP contribution in [0.5, 0.6) is 5.75 Å². The summed E-state index contributed by atoms with van der Waals surface area (Å²) in [6, 6.07) is 7.26. The van der Waals surface area contributed by atoms with Gasteiger partial charge in [0.25, 0.3) is 0 Å². The molecule has 0 heterocycles. The summed E-state index contributed by atoms with van der Waals surface area (Å²) >= 11 is 0. The third kappa shape index (κ3) is 7.73. The zero-order chi connectivity index (χ0) is 16.6. The Bertz CT molecular complexity index is 449. The fourth-order valence-electron chi connectivity index (χ4n) is 1.78. The minimum atomic E-state index is -1.44. The van der Waals surface area contributed by atoms with Crippen molar-refractivity contribution in [2.75, 3.05) is 26.4 Å². The minimum absolute atomic E-state index is 0.0125. The second-order valence-corrected chi connectivity index (χ2v) is 11.0. The monoisotopic (exact) mass is 324 g/mol. The molecule has 0 spiro atoms. The number of benzene rings is 1. The van der Waals surface area contributed by atoms with Crippen molar-refractivity contribution in [2.45, 2.75) is 33.5 Å². The molecule has 0 atom stereocenters. The van der Waals surface area contributed by atoms with Crippen LogP contribution >= 0.6 is 0 Å². The lowest BCUT2D eigenvalue weighted by Crippen LogP contribution is -2.27. The maximum atomic E-state index is 11.8. The average molecular weight is 324 g/mol. The molecular formula is C17H28O4Si. The van der Waals surface area contributed by atoms with Crippen molar-refractivity contribution in [3.05, 3.63) is 29.8 Å². The van der Waals surface area contributed by atoms with Gasteiger partial charge in [-0.15, -0.1) is 0 Å². The molecule has 0 N–H and O–H groups in total. The maximum Gasteiger partial charge on any atom is 0.183 e. The molecule has 0 aliphatic heterocycles. The van der Waals surface area contributed by atoms with Crippen LogP contribution in [-0.2, 0) is 9.16 Å². The quantitative estimate of drug-likeness (QED) is 0.373. The van der Waals surface area contributed by atoms with E-state index in [-0.39, 0.29) is 11.7 Å². The molecule has 0 bridgehead atoms. The zero-order valence-corrected chi connectivity index (χ0v) is 15.3. The van der Waals surface area contributed by atoms with Gasteiger partial charge in [0.15, 0.2) is 14.1 Å². The summed E-state index contributed by atoms with van der Waals surface area (Å²) in [5.41, 5.74) is 0.724. The van der Waals surface area contributed by atoms with Gasteiger partial charge >= 0.3 is 0 Å². The third-order valence-electron chi connectivity index (χ3n) is 2.92. The van der Waals surface area contributed by atoms with Gasteiger partial charge in [-0.1, -0.05) is 13.8 Å². The Morgan fingerprint density at radius 3 is 2.14 bits per heavy atom. The first-order valence-corrected chi connectivity index (χ1v) is 11.2. The SMILES string of the molecule is CC(C)C(=O)c1ccc(OCCOCCO[Si](C)(C)C)cc1. The van der Waals surface area contributed by atoms with Crippen molar-refractivity contribution < 1.29 is 18.7 Å². The van der Waals surface area contributed by atoms with Crippen molar-refractivity contribution >= 4 is 14.1 Å². The number of ether oxygens (including phenoxy) is 2. The second-order valence-electron chi connectivity index (χ2n) is 6.46. The van der Waals surface area contributed by atoms with E-state index in [0.717, 1.165) is 11.3 Å². The lowest BCUT2D eigenvalue weighted by atomic mass is 10.0. The Kier molecular flexibility index (Phi) is 7.79. The van der Waals surface area contributed by atoms with Crippen LogP contribution in [-0.4, -0.2) is 40.5 Å². The average Bonchev–Trinajstić information content (AvgIpc) is 2.45. The predicted molar refractivity (Wildman–Crippen MR) is 91.2 cm³/mol. The normalized spacial score (nSPS) is 11.7. The van der Waals surface area contributed by atoms with Gasteiger partial charge in [0, 0.05) is 11.5 Å². The highest BCUT2D eigenvalue weighted by atomic mass is 28.4. The summed E-state index contributed by atoms with van der Waals surface area (Å²) in [4.78, 5) is 11.8. The Morgan fingerprint density at radius 1 is 1.00 bits per heavy atom. The Hall–Kier alpha value is -1.17. The summed E-state index contributed by atoms with van der Waals surface area (Å²) < 4.78 is 16.7. The molecule has 0 fully saturated rings. The van der Waals surface area contributed by atoms with Crippen LogP contribution in [0.25, 0.3) is 0 Å². The smallest absolute Gasteiger partial charge is 0.183 e. The summed E-state index contributed by atoms with van der Waals surface area (Å²) in [5, 5.41) is 0. The highest BCUT2D eigenvalue weighted by Crippen LogP contribution is 2.15. The van der Waals surface area contributed by atoms with Gasteiger partial charge in [-0.25, -0.2) is 0 Å². The molecule has 5 heteroatoms. The number of Topliss-reactive ketones (excluding diaryl/α,β-unsaturated/α-hetero) is 1. The number of carbonyl (C=O) groups is 1. The molecule has 4 nitrogen and oxygen atoms in total. The van der Waals surface area contributed by atoms with E-state index in [2.05, 4.69) is 19.6 Å². The molecule has 1 aromatic rings. The molecular weight excluding hydrogens is 296 g/mol. The maximum absolute atomic E-state index is 11.8. The summed E-state index contributed by atoms with van der Waals surface area (Å²) in [7, 11) is -1.44. The van der Waals surface area contributed by atoms with Gasteiger partial charge < -0.3 is 13.9 Å². The van der Waals surface area contributed by atoms with Crippen molar-refractivity contribution in [3.8, 4) is 5.75 Å². The molecule has 0 amide bonds. The van der Waals surface area contributed by atoms with E-state index in [9.17, 15) is 4.79 Å². The first-order valence-electron chi connectivity index (χ1n) is 7.78. The van der Waals surface area contributed by atoms with Crippen LogP contribution in [0.1, 0.15) is 24.2 Å². The lowest BCUT2D eigenvalue weighted by molar-refractivity contribution is 0.0748. The minimum Gasteiger partial charge on any atom is -0.491 e. The van der Waals surface area contributed by atoms with Gasteiger partial charge in [-0.2, -0.15) is 0 Å². The summed E-state index contributed by atoms with van der Waals surface area (Å²) in [5.74, 6) is 0.915. The van der Waals surface area contributed by atoms with E-state index < -0.39 is 8.32 Å². The van der Waals surface area contributed by atoms with Crippen molar-refractivity contribution in [1.29, 1.82) is 0 Å². The fourth-order valence-corrected chi connectivity index (χ4v) is 2.47. The summed E-state index contributed by atoms with van der Waals surface area (Å²) in [6.07, 6.45) is 0. The van der Waals surface area contributed by atoms with Crippen molar-refractivity contribution in [2.24, 2.45) is 5.92 Å². The van der Waals surface area contributed by atoms with E-state index in [4.69, 9.17) is 13.9 Å². The van der Waals surface area contributed by atoms with Crippen LogP contribution in [0.3, 0.4) is 0 Å². The molecule has 0 aliphatic rings. The number of carbonyl (C=O) groups excluding carboxylic acids is 1. The molecule has 1 aromatic carbocycles. The molecule has 0 saturated carbocycles. The van der Waals surface area contributed by atoms with Gasteiger partial charge in [-0.3, -0.25) is 4.79 Å². The Balaban J connectivity index is 2.19. The van der Waals surface area contributed by atoms with Gasteiger partial charge in [0.05, 0.1) is 19.8 Å².